The molecule has 0 saturated heterocycles. The lowest BCUT2D eigenvalue weighted by atomic mass is 10.1. The summed E-state index contributed by atoms with van der Waals surface area (Å²) in [4.78, 5) is 12.8. The topological polar surface area (TPSA) is 94.1 Å². The van der Waals surface area contributed by atoms with Gasteiger partial charge in [-0.15, -0.1) is 5.10 Å². The van der Waals surface area contributed by atoms with E-state index in [4.69, 9.17) is 43.7 Å². The molecule has 2 aromatic carbocycles. The number of hydrogen-bond donors (Lipinski definition) is 1. The number of nitrogens with one attached hydrogen (secondary N) is 1. The van der Waals surface area contributed by atoms with Gasteiger partial charge < -0.3 is 8.94 Å². The van der Waals surface area contributed by atoms with Crippen LogP contribution in [0.15, 0.2) is 51.4 Å². The number of anilines is 1. The van der Waals surface area contributed by atoms with E-state index in [0.29, 0.717) is 37.6 Å². The Morgan fingerprint density at radius 3 is 2.48 bits per heavy atom. The first-order valence-electron chi connectivity index (χ1n) is 8.25. The molecule has 1 amide bonds. The van der Waals surface area contributed by atoms with Crippen LogP contribution in [0, 0.1) is 6.92 Å². The lowest BCUT2D eigenvalue weighted by Gasteiger charge is -2.04. The van der Waals surface area contributed by atoms with Crippen molar-refractivity contribution in [2.24, 2.45) is 0 Å². The van der Waals surface area contributed by atoms with Gasteiger partial charge in [0.15, 0.2) is 0 Å². The number of halogens is 3. The van der Waals surface area contributed by atoms with Gasteiger partial charge in [-0.3, -0.25) is 10.1 Å². The standard InChI is InChI=1S/C19H11Cl3N4O3/c1-9-15(16(26-29-9)13-4-2-3-5-14(13)22)17(27)23-19-25-24-18(28-19)10-6-11(20)8-12(21)7-10/h2-8H,1H3,(H,23,25,27). The van der Waals surface area contributed by atoms with Crippen molar-refractivity contribution in [3.05, 3.63) is 68.9 Å². The van der Waals surface area contributed by atoms with Gasteiger partial charge in [0.2, 0.25) is 5.89 Å². The summed E-state index contributed by atoms with van der Waals surface area (Å²) in [6, 6.07) is 11.7. The highest BCUT2D eigenvalue weighted by molar-refractivity contribution is 6.35. The van der Waals surface area contributed by atoms with Crippen molar-refractivity contribution in [2.45, 2.75) is 6.92 Å². The van der Waals surface area contributed by atoms with Crippen molar-refractivity contribution in [1.29, 1.82) is 0 Å². The minimum atomic E-state index is -0.530. The number of nitrogens with zero attached hydrogens (tertiary/aromatic N) is 3. The maximum Gasteiger partial charge on any atom is 0.322 e. The smallest absolute Gasteiger partial charge is 0.322 e. The predicted octanol–water partition coefficient (Wildman–Crippen LogP) is 5.91. The molecule has 0 radical (unpaired) electrons. The molecular formula is C19H11Cl3N4O3. The van der Waals surface area contributed by atoms with E-state index in [0.717, 1.165) is 0 Å². The molecule has 0 aliphatic rings. The first-order valence-corrected chi connectivity index (χ1v) is 9.38. The molecule has 4 aromatic rings. The van der Waals surface area contributed by atoms with Crippen LogP contribution in [0.4, 0.5) is 6.01 Å². The Bertz CT molecular complexity index is 1200. The summed E-state index contributed by atoms with van der Waals surface area (Å²) in [6.07, 6.45) is 0. The van der Waals surface area contributed by atoms with Crippen LogP contribution in [-0.4, -0.2) is 21.3 Å². The van der Waals surface area contributed by atoms with Crippen LogP contribution in [0.5, 0.6) is 0 Å². The summed E-state index contributed by atoms with van der Waals surface area (Å²) >= 11 is 18.2. The van der Waals surface area contributed by atoms with Gasteiger partial charge in [0.05, 0.1) is 5.02 Å². The average Bonchev–Trinajstić information content (AvgIpc) is 3.28. The zero-order valence-electron chi connectivity index (χ0n) is 14.7. The molecule has 29 heavy (non-hydrogen) atoms. The second-order valence-corrected chi connectivity index (χ2v) is 7.25. The van der Waals surface area contributed by atoms with Crippen molar-refractivity contribution < 1.29 is 13.7 Å². The maximum absolute atomic E-state index is 12.8. The number of rotatable bonds is 4. The summed E-state index contributed by atoms with van der Waals surface area (Å²) in [6.45, 7) is 1.62. The molecule has 0 saturated carbocycles. The van der Waals surface area contributed by atoms with E-state index in [1.165, 1.54) is 0 Å². The second-order valence-electron chi connectivity index (χ2n) is 5.97. The molecule has 0 spiro atoms. The van der Waals surface area contributed by atoms with Gasteiger partial charge in [-0.1, -0.05) is 63.3 Å². The summed E-state index contributed by atoms with van der Waals surface area (Å²) in [5.74, 6) is -0.0603. The molecular weight excluding hydrogens is 439 g/mol. The van der Waals surface area contributed by atoms with E-state index >= 15 is 0 Å². The fourth-order valence-corrected chi connectivity index (χ4v) is 3.46. The van der Waals surface area contributed by atoms with E-state index in [2.05, 4.69) is 20.7 Å². The van der Waals surface area contributed by atoms with Gasteiger partial charge in [-0.2, -0.15) is 0 Å². The maximum atomic E-state index is 12.8. The largest absolute Gasteiger partial charge is 0.403 e. The van der Waals surface area contributed by atoms with E-state index in [9.17, 15) is 4.79 Å². The molecule has 0 fully saturated rings. The van der Waals surface area contributed by atoms with Crippen LogP contribution in [-0.2, 0) is 0 Å². The highest BCUT2D eigenvalue weighted by atomic mass is 35.5. The number of aromatic nitrogens is 3. The third-order valence-electron chi connectivity index (χ3n) is 3.97. The number of aryl methyl sites for hydroxylation is 1. The Balaban J connectivity index is 1.62. The van der Waals surface area contributed by atoms with Crippen molar-refractivity contribution in [3.63, 3.8) is 0 Å². The summed E-state index contributed by atoms with van der Waals surface area (Å²) in [7, 11) is 0. The molecule has 146 valence electrons. The van der Waals surface area contributed by atoms with Gasteiger partial charge in [0, 0.05) is 21.2 Å². The normalized spacial score (nSPS) is 10.9. The fourth-order valence-electron chi connectivity index (χ4n) is 2.70. The number of carbonyl (C=O) groups is 1. The molecule has 0 atom stereocenters. The molecule has 2 aromatic heterocycles. The first-order chi connectivity index (χ1) is 13.9. The summed E-state index contributed by atoms with van der Waals surface area (Å²) in [5, 5.41) is 15.5. The van der Waals surface area contributed by atoms with E-state index in [1.807, 2.05) is 0 Å². The molecule has 0 bridgehead atoms. The van der Waals surface area contributed by atoms with Gasteiger partial charge in [0.25, 0.3) is 5.91 Å². The molecule has 0 unspecified atom stereocenters. The number of benzene rings is 2. The van der Waals surface area contributed by atoms with Gasteiger partial charge in [-0.25, -0.2) is 0 Å². The van der Waals surface area contributed by atoms with Crippen LogP contribution < -0.4 is 5.32 Å². The Morgan fingerprint density at radius 2 is 1.76 bits per heavy atom. The van der Waals surface area contributed by atoms with Crippen molar-refractivity contribution in [3.8, 4) is 22.7 Å². The molecule has 0 aliphatic heterocycles. The van der Waals surface area contributed by atoms with Crippen LogP contribution in [0.2, 0.25) is 15.1 Å². The summed E-state index contributed by atoms with van der Waals surface area (Å²) < 4.78 is 10.7. The van der Waals surface area contributed by atoms with E-state index in [-0.39, 0.29) is 17.5 Å². The third kappa shape index (κ3) is 3.98. The minimum absolute atomic E-state index is 0.105. The molecule has 10 heteroatoms. The van der Waals surface area contributed by atoms with Crippen molar-refractivity contribution in [1.82, 2.24) is 15.4 Å². The Morgan fingerprint density at radius 1 is 1.03 bits per heavy atom. The monoisotopic (exact) mass is 448 g/mol. The quantitative estimate of drug-likeness (QED) is 0.416. The van der Waals surface area contributed by atoms with Gasteiger partial charge in [0.1, 0.15) is 17.0 Å². The molecule has 7 nitrogen and oxygen atoms in total. The molecule has 2 heterocycles. The number of carbonyl (C=O) groups excluding carboxylic acids is 1. The zero-order chi connectivity index (χ0) is 20.5. The van der Waals surface area contributed by atoms with Crippen molar-refractivity contribution >= 4 is 46.7 Å². The molecule has 4 rings (SSSR count). The Kier molecular flexibility index (Phi) is 5.27. The first kappa shape index (κ1) is 19.4. The minimum Gasteiger partial charge on any atom is -0.403 e. The Hall–Kier alpha value is -2.87. The van der Waals surface area contributed by atoms with Crippen molar-refractivity contribution in [2.75, 3.05) is 5.32 Å². The Labute approximate surface area is 179 Å². The number of amides is 1. The second kappa shape index (κ2) is 7.87. The fraction of sp³-hybridized carbons (Fsp3) is 0.0526. The lowest BCUT2D eigenvalue weighted by Crippen LogP contribution is -2.13. The SMILES string of the molecule is Cc1onc(-c2ccccc2Cl)c1C(=O)Nc1nnc(-c2cc(Cl)cc(Cl)c2)o1. The number of hydrogen-bond acceptors (Lipinski definition) is 6. The van der Waals surface area contributed by atoms with Crippen LogP contribution in [0.3, 0.4) is 0 Å². The molecule has 1 N–H and O–H groups in total. The van der Waals surface area contributed by atoms with Gasteiger partial charge in [-0.05, 0) is 31.2 Å². The van der Waals surface area contributed by atoms with E-state index < -0.39 is 5.91 Å². The zero-order valence-corrected chi connectivity index (χ0v) is 17.0. The van der Waals surface area contributed by atoms with E-state index in [1.54, 1.807) is 49.4 Å². The average molecular weight is 450 g/mol. The molecule has 0 aliphatic carbocycles. The predicted molar refractivity (Wildman–Crippen MR) is 109 cm³/mol. The van der Waals surface area contributed by atoms with Crippen LogP contribution in [0.25, 0.3) is 22.7 Å². The third-order valence-corrected chi connectivity index (χ3v) is 4.74. The van der Waals surface area contributed by atoms with Gasteiger partial charge >= 0.3 is 6.01 Å². The summed E-state index contributed by atoms with van der Waals surface area (Å²) in [5.41, 5.74) is 1.61. The van der Waals surface area contributed by atoms with Crippen LogP contribution in [0.1, 0.15) is 16.1 Å². The van der Waals surface area contributed by atoms with Crippen LogP contribution >= 0.6 is 34.8 Å². The lowest BCUT2D eigenvalue weighted by molar-refractivity contribution is 0.102. The highest BCUT2D eigenvalue weighted by Crippen LogP contribution is 2.32. The highest BCUT2D eigenvalue weighted by Gasteiger charge is 2.24.